The molecule has 8 aromatic carbocycles. The van der Waals surface area contributed by atoms with Crippen LogP contribution in [-0.2, 0) is 0 Å². The van der Waals surface area contributed by atoms with E-state index in [-0.39, 0.29) is 0 Å². The molecule has 172 valence electrons. The Kier molecular flexibility index (Phi) is 4.47. The molecular formula is C36H21Br. The van der Waals surface area contributed by atoms with Gasteiger partial charge < -0.3 is 0 Å². The van der Waals surface area contributed by atoms with Gasteiger partial charge >= 0.3 is 0 Å². The van der Waals surface area contributed by atoms with Gasteiger partial charge in [0.25, 0.3) is 0 Å². The molecule has 0 amide bonds. The van der Waals surface area contributed by atoms with Crippen LogP contribution in [0, 0.1) is 0 Å². The van der Waals surface area contributed by atoms with Gasteiger partial charge in [0.2, 0.25) is 0 Å². The van der Waals surface area contributed by atoms with Crippen LogP contribution in [0.1, 0.15) is 0 Å². The molecule has 0 bridgehead atoms. The van der Waals surface area contributed by atoms with Crippen LogP contribution in [0.25, 0.3) is 76.1 Å². The fourth-order valence-corrected chi connectivity index (χ4v) is 6.78. The first kappa shape index (κ1) is 20.9. The Hall–Kier alpha value is -4.20. The van der Waals surface area contributed by atoms with Crippen molar-refractivity contribution in [2.45, 2.75) is 0 Å². The largest absolute Gasteiger partial charge is 0.0622 e. The zero-order valence-electron chi connectivity index (χ0n) is 20.0. The van der Waals surface area contributed by atoms with Crippen LogP contribution in [0.5, 0.6) is 0 Å². The lowest BCUT2D eigenvalue weighted by Gasteiger charge is -2.20. The van der Waals surface area contributed by atoms with E-state index in [0.29, 0.717) is 0 Å². The van der Waals surface area contributed by atoms with Crippen LogP contribution in [0.4, 0.5) is 0 Å². The molecule has 0 fully saturated rings. The quantitative estimate of drug-likeness (QED) is 0.153. The predicted molar refractivity (Wildman–Crippen MR) is 164 cm³/mol. The second-order valence-electron chi connectivity index (χ2n) is 9.79. The number of rotatable bonds is 2. The van der Waals surface area contributed by atoms with Gasteiger partial charge in [-0.3, -0.25) is 0 Å². The highest BCUT2D eigenvalue weighted by Gasteiger charge is 2.19. The maximum absolute atomic E-state index is 3.80. The molecule has 0 radical (unpaired) electrons. The van der Waals surface area contributed by atoms with Gasteiger partial charge in [-0.1, -0.05) is 137 Å². The topological polar surface area (TPSA) is 0 Å². The summed E-state index contributed by atoms with van der Waals surface area (Å²) in [6, 6.07) is 46.7. The highest BCUT2D eigenvalue weighted by molar-refractivity contribution is 9.10. The molecule has 0 nitrogen and oxygen atoms in total. The third kappa shape index (κ3) is 2.95. The molecule has 0 saturated carbocycles. The van der Waals surface area contributed by atoms with Crippen LogP contribution in [0.2, 0.25) is 0 Å². The molecular weight excluding hydrogens is 512 g/mol. The summed E-state index contributed by atoms with van der Waals surface area (Å²) in [5.74, 6) is 0. The monoisotopic (exact) mass is 532 g/mol. The lowest BCUT2D eigenvalue weighted by atomic mass is 9.83. The van der Waals surface area contributed by atoms with Crippen molar-refractivity contribution in [3.05, 3.63) is 132 Å². The first-order valence-corrected chi connectivity index (χ1v) is 13.4. The predicted octanol–water partition coefficient (Wildman–Crippen LogP) is 11.0. The van der Waals surface area contributed by atoms with Gasteiger partial charge in [-0.25, -0.2) is 0 Å². The van der Waals surface area contributed by atoms with Gasteiger partial charge in [0.15, 0.2) is 0 Å². The summed E-state index contributed by atoms with van der Waals surface area (Å²) in [5, 5.41) is 13.0. The van der Waals surface area contributed by atoms with Crippen molar-refractivity contribution in [1.82, 2.24) is 0 Å². The van der Waals surface area contributed by atoms with Gasteiger partial charge in [-0.15, -0.1) is 0 Å². The average Bonchev–Trinajstić information content (AvgIpc) is 2.96. The molecule has 8 aromatic rings. The van der Waals surface area contributed by atoms with Crippen molar-refractivity contribution in [2.24, 2.45) is 0 Å². The zero-order valence-corrected chi connectivity index (χ0v) is 21.6. The Bertz CT molecular complexity index is 2080. The summed E-state index contributed by atoms with van der Waals surface area (Å²) in [6.45, 7) is 0. The number of fused-ring (bicyclic) bond motifs is 2. The Morgan fingerprint density at radius 1 is 0.351 bits per heavy atom. The molecule has 0 N–H and O–H groups in total. The van der Waals surface area contributed by atoms with E-state index in [9.17, 15) is 0 Å². The summed E-state index contributed by atoms with van der Waals surface area (Å²) in [6.07, 6.45) is 0. The first-order valence-electron chi connectivity index (χ1n) is 12.6. The normalized spacial score (nSPS) is 11.9. The molecule has 0 aliphatic carbocycles. The van der Waals surface area contributed by atoms with Gasteiger partial charge in [-0.2, -0.15) is 0 Å². The minimum Gasteiger partial charge on any atom is -0.0622 e. The molecule has 0 heterocycles. The van der Waals surface area contributed by atoms with Gasteiger partial charge in [-0.05, 0) is 82.2 Å². The van der Waals surface area contributed by atoms with Crippen molar-refractivity contribution in [3.8, 4) is 22.3 Å². The summed E-state index contributed by atoms with van der Waals surface area (Å²) in [7, 11) is 0. The van der Waals surface area contributed by atoms with E-state index >= 15 is 0 Å². The molecule has 0 atom stereocenters. The first-order chi connectivity index (χ1) is 18.3. The molecule has 0 spiro atoms. The Labute approximate surface area is 223 Å². The minimum atomic E-state index is 1.14. The summed E-state index contributed by atoms with van der Waals surface area (Å²) < 4.78 is 1.14. The SMILES string of the molecule is Brc1ccc2ccc3c(-c4c5ccccc5c(-c5ccccc5)c5ccccc45)ccc4ccc1c2c43. The number of hydrogen-bond donors (Lipinski definition) is 0. The molecule has 0 unspecified atom stereocenters. The van der Waals surface area contributed by atoms with Crippen LogP contribution in [0.3, 0.4) is 0 Å². The second-order valence-corrected chi connectivity index (χ2v) is 10.6. The smallest absolute Gasteiger partial charge is 0.0254 e. The Balaban J connectivity index is 1.58. The fourth-order valence-electron chi connectivity index (χ4n) is 6.32. The van der Waals surface area contributed by atoms with Crippen LogP contribution in [-0.4, -0.2) is 0 Å². The highest BCUT2D eigenvalue weighted by Crippen LogP contribution is 2.47. The minimum absolute atomic E-state index is 1.14. The van der Waals surface area contributed by atoms with E-state index in [1.165, 1.54) is 76.1 Å². The van der Waals surface area contributed by atoms with Crippen molar-refractivity contribution in [1.29, 1.82) is 0 Å². The molecule has 0 aliphatic rings. The van der Waals surface area contributed by atoms with E-state index in [1.807, 2.05) is 0 Å². The van der Waals surface area contributed by atoms with Crippen molar-refractivity contribution in [3.63, 3.8) is 0 Å². The van der Waals surface area contributed by atoms with Gasteiger partial charge in [0.05, 0.1) is 0 Å². The molecule has 0 aromatic heterocycles. The van der Waals surface area contributed by atoms with Crippen molar-refractivity contribution < 1.29 is 0 Å². The Morgan fingerprint density at radius 3 is 1.49 bits per heavy atom. The zero-order chi connectivity index (χ0) is 24.5. The highest BCUT2D eigenvalue weighted by atomic mass is 79.9. The van der Waals surface area contributed by atoms with E-state index in [1.54, 1.807) is 0 Å². The molecule has 37 heavy (non-hydrogen) atoms. The lowest BCUT2D eigenvalue weighted by molar-refractivity contribution is 1.67. The van der Waals surface area contributed by atoms with E-state index in [4.69, 9.17) is 0 Å². The number of benzene rings is 8. The molecule has 8 rings (SSSR count). The van der Waals surface area contributed by atoms with E-state index < -0.39 is 0 Å². The number of hydrogen-bond acceptors (Lipinski definition) is 0. The van der Waals surface area contributed by atoms with E-state index in [2.05, 4.69) is 143 Å². The summed E-state index contributed by atoms with van der Waals surface area (Å²) in [4.78, 5) is 0. The molecule has 0 aliphatic heterocycles. The van der Waals surface area contributed by atoms with Crippen LogP contribution < -0.4 is 0 Å². The fraction of sp³-hybridized carbons (Fsp3) is 0. The average molecular weight is 533 g/mol. The maximum Gasteiger partial charge on any atom is 0.0254 e. The third-order valence-corrected chi connectivity index (χ3v) is 8.57. The third-order valence-electron chi connectivity index (χ3n) is 7.87. The summed E-state index contributed by atoms with van der Waals surface area (Å²) in [5.41, 5.74) is 5.15. The van der Waals surface area contributed by atoms with Crippen molar-refractivity contribution >= 4 is 69.8 Å². The van der Waals surface area contributed by atoms with E-state index in [0.717, 1.165) is 4.47 Å². The maximum atomic E-state index is 3.80. The van der Waals surface area contributed by atoms with Gasteiger partial charge in [0.1, 0.15) is 0 Å². The molecule has 0 saturated heterocycles. The van der Waals surface area contributed by atoms with Crippen molar-refractivity contribution in [2.75, 3.05) is 0 Å². The Morgan fingerprint density at radius 2 is 0.838 bits per heavy atom. The van der Waals surface area contributed by atoms with Crippen LogP contribution >= 0.6 is 15.9 Å². The standard InChI is InChI=1S/C36H21Br/c37-32-21-17-24-14-18-29-30(19-15-23-16-20-31(32)35(24)34(23)29)36-27-12-6-4-10-25(27)33(22-8-2-1-3-9-22)26-11-5-7-13-28(26)36/h1-21H. The lowest BCUT2D eigenvalue weighted by Crippen LogP contribution is -1.92. The second kappa shape index (κ2) is 7.90. The number of halogens is 1. The van der Waals surface area contributed by atoms with Gasteiger partial charge in [0, 0.05) is 4.47 Å². The van der Waals surface area contributed by atoms with Crippen LogP contribution in [0.15, 0.2) is 132 Å². The summed E-state index contributed by atoms with van der Waals surface area (Å²) >= 11 is 3.80. The molecule has 1 heteroatoms.